The van der Waals surface area contributed by atoms with Gasteiger partial charge in [-0.2, -0.15) is 0 Å². The van der Waals surface area contributed by atoms with Gasteiger partial charge in [0.1, 0.15) is 5.60 Å². The zero-order chi connectivity index (χ0) is 15.3. The van der Waals surface area contributed by atoms with Crippen molar-refractivity contribution in [3.8, 4) is 0 Å². The lowest BCUT2D eigenvalue weighted by atomic mass is 10.2. The fourth-order valence-corrected chi connectivity index (χ4v) is 2.35. The summed E-state index contributed by atoms with van der Waals surface area (Å²) in [6, 6.07) is 0. The second-order valence-corrected chi connectivity index (χ2v) is 6.47. The van der Waals surface area contributed by atoms with Gasteiger partial charge in [-0.3, -0.25) is 0 Å². The highest BCUT2D eigenvalue weighted by molar-refractivity contribution is 7.11. The molecule has 0 aliphatic carbocycles. The number of alkyl carbamates (subject to hydrolysis) is 1. The van der Waals surface area contributed by atoms with Gasteiger partial charge in [-0.1, -0.05) is 0 Å². The number of esters is 1. The van der Waals surface area contributed by atoms with Gasteiger partial charge in [-0.25, -0.2) is 14.6 Å². The van der Waals surface area contributed by atoms with E-state index in [-0.39, 0.29) is 0 Å². The van der Waals surface area contributed by atoms with E-state index in [2.05, 4.69) is 15.0 Å². The molecule has 0 bridgehead atoms. The van der Waals surface area contributed by atoms with Crippen molar-refractivity contribution in [2.75, 3.05) is 13.7 Å². The quantitative estimate of drug-likeness (QED) is 0.863. The lowest BCUT2D eigenvalue weighted by Gasteiger charge is -2.19. The minimum Gasteiger partial charge on any atom is -0.464 e. The van der Waals surface area contributed by atoms with Crippen LogP contribution in [0.5, 0.6) is 0 Å². The molecule has 0 aliphatic rings. The number of nitrogens with one attached hydrogen (secondary N) is 1. The number of hydrogen-bond donors (Lipinski definition) is 1. The van der Waals surface area contributed by atoms with Crippen LogP contribution >= 0.6 is 11.3 Å². The van der Waals surface area contributed by atoms with Crippen LogP contribution in [0.4, 0.5) is 4.79 Å². The Morgan fingerprint density at radius 3 is 2.55 bits per heavy atom. The molecule has 1 aromatic rings. The molecule has 0 saturated heterocycles. The normalized spacial score (nSPS) is 11.1. The molecule has 0 fully saturated rings. The van der Waals surface area contributed by atoms with Crippen molar-refractivity contribution in [1.29, 1.82) is 0 Å². The molecule has 1 aromatic heterocycles. The van der Waals surface area contributed by atoms with E-state index in [4.69, 9.17) is 4.74 Å². The van der Waals surface area contributed by atoms with Crippen LogP contribution < -0.4 is 5.32 Å². The first-order chi connectivity index (χ1) is 9.23. The van der Waals surface area contributed by atoms with E-state index in [0.29, 0.717) is 18.7 Å². The van der Waals surface area contributed by atoms with Gasteiger partial charge in [-0.05, 0) is 27.7 Å². The predicted molar refractivity (Wildman–Crippen MR) is 76.1 cm³/mol. The van der Waals surface area contributed by atoms with Crippen molar-refractivity contribution in [3.63, 3.8) is 0 Å². The highest BCUT2D eigenvalue weighted by Gasteiger charge is 2.17. The Bertz CT molecular complexity index is 491. The number of hydrogen-bond acceptors (Lipinski definition) is 6. The molecule has 1 rings (SSSR count). The topological polar surface area (TPSA) is 77.5 Å². The molecule has 0 aliphatic heterocycles. The van der Waals surface area contributed by atoms with Crippen LogP contribution in [0.1, 0.15) is 41.1 Å². The molecule has 20 heavy (non-hydrogen) atoms. The van der Waals surface area contributed by atoms with Crippen molar-refractivity contribution < 1.29 is 19.1 Å². The highest BCUT2D eigenvalue weighted by atomic mass is 32.1. The van der Waals surface area contributed by atoms with Crippen molar-refractivity contribution in [1.82, 2.24) is 10.3 Å². The minimum absolute atomic E-state index is 0.338. The maximum Gasteiger partial charge on any atom is 0.407 e. The fourth-order valence-electron chi connectivity index (χ4n) is 1.43. The summed E-state index contributed by atoms with van der Waals surface area (Å²) in [5.74, 6) is -0.440. The number of nitrogens with zero attached hydrogens (tertiary/aromatic N) is 1. The summed E-state index contributed by atoms with van der Waals surface area (Å²) in [5.41, 5.74) is -0.176. The van der Waals surface area contributed by atoms with Crippen LogP contribution in [-0.2, 0) is 15.9 Å². The maximum absolute atomic E-state index is 11.5. The molecule has 7 heteroatoms. The van der Waals surface area contributed by atoms with Crippen LogP contribution in [-0.4, -0.2) is 36.3 Å². The molecular formula is C13H20N2O4S. The summed E-state index contributed by atoms with van der Waals surface area (Å²) < 4.78 is 9.76. The van der Waals surface area contributed by atoms with Gasteiger partial charge in [0.15, 0.2) is 5.69 Å². The van der Waals surface area contributed by atoms with Crippen molar-refractivity contribution >= 4 is 23.4 Å². The van der Waals surface area contributed by atoms with Crippen molar-refractivity contribution in [3.05, 3.63) is 15.6 Å². The molecule has 6 nitrogen and oxygen atoms in total. The largest absolute Gasteiger partial charge is 0.464 e. The van der Waals surface area contributed by atoms with Crippen LogP contribution in [0.3, 0.4) is 0 Å². The smallest absolute Gasteiger partial charge is 0.407 e. The van der Waals surface area contributed by atoms with Gasteiger partial charge in [0.05, 0.1) is 12.1 Å². The fraction of sp³-hybridized carbons (Fsp3) is 0.615. The Hall–Kier alpha value is -1.63. The summed E-state index contributed by atoms with van der Waals surface area (Å²) in [7, 11) is 1.32. The first-order valence-electron chi connectivity index (χ1n) is 6.24. The summed E-state index contributed by atoms with van der Waals surface area (Å²) in [5, 5.41) is 3.43. The highest BCUT2D eigenvalue weighted by Crippen LogP contribution is 2.18. The molecule has 112 valence electrons. The Labute approximate surface area is 122 Å². The minimum atomic E-state index is -0.514. The molecule has 0 spiro atoms. The molecule has 0 saturated carbocycles. The van der Waals surface area contributed by atoms with Crippen LogP contribution in [0, 0.1) is 6.92 Å². The van der Waals surface area contributed by atoms with E-state index in [0.717, 1.165) is 9.88 Å². The number of ether oxygens (including phenoxy) is 2. The number of carbonyl (C=O) groups is 2. The first-order valence-corrected chi connectivity index (χ1v) is 7.06. The second kappa shape index (κ2) is 6.69. The first kappa shape index (κ1) is 16.4. The zero-order valence-electron chi connectivity index (χ0n) is 12.4. The average molecular weight is 300 g/mol. The van der Waals surface area contributed by atoms with Crippen LogP contribution in [0.15, 0.2) is 0 Å². The Balaban J connectivity index is 2.47. The van der Waals surface area contributed by atoms with Gasteiger partial charge in [-0.15, -0.1) is 11.3 Å². The third-order valence-electron chi connectivity index (χ3n) is 2.23. The van der Waals surface area contributed by atoms with Gasteiger partial charge in [0, 0.05) is 17.8 Å². The van der Waals surface area contributed by atoms with Gasteiger partial charge < -0.3 is 14.8 Å². The number of thiazole rings is 1. The number of methoxy groups -OCH3 is 1. The molecule has 1 heterocycles. The molecule has 0 atom stereocenters. The van der Waals surface area contributed by atoms with Gasteiger partial charge in [0.25, 0.3) is 0 Å². The van der Waals surface area contributed by atoms with Crippen molar-refractivity contribution in [2.24, 2.45) is 0 Å². The summed E-state index contributed by atoms with van der Waals surface area (Å²) in [6.07, 6.45) is 0.0841. The van der Waals surface area contributed by atoms with E-state index >= 15 is 0 Å². The molecule has 0 radical (unpaired) electrons. The van der Waals surface area contributed by atoms with Gasteiger partial charge >= 0.3 is 12.1 Å². The number of aromatic nitrogens is 1. The third kappa shape index (κ3) is 5.16. The molecule has 1 N–H and O–H groups in total. The van der Waals surface area contributed by atoms with Crippen LogP contribution in [0.2, 0.25) is 0 Å². The Morgan fingerprint density at radius 1 is 1.35 bits per heavy atom. The number of amides is 1. The molecule has 1 amide bonds. The second-order valence-electron chi connectivity index (χ2n) is 5.18. The SMILES string of the molecule is COC(=O)c1nc(CCNC(=O)OC(C)(C)C)sc1C. The van der Waals surface area contributed by atoms with E-state index in [1.807, 2.05) is 6.92 Å². The molecular weight excluding hydrogens is 280 g/mol. The van der Waals surface area contributed by atoms with E-state index in [1.54, 1.807) is 20.8 Å². The maximum atomic E-state index is 11.5. The van der Waals surface area contributed by atoms with E-state index < -0.39 is 17.7 Å². The van der Waals surface area contributed by atoms with Gasteiger partial charge in [0.2, 0.25) is 0 Å². The Kier molecular flexibility index (Phi) is 5.50. The number of carbonyl (C=O) groups excluding carboxylic acids is 2. The predicted octanol–water partition coefficient (Wildman–Crippen LogP) is 2.31. The summed E-state index contributed by atoms with van der Waals surface area (Å²) >= 11 is 1.42. The zero-order valence-corrected chi connectivity index (χ0v) is 13.2. The molecule has 0 aromatic carbocycles. The average Bonchev–Trinajstić information content (AvgIpc) is 2.67. The van der Waals surface area contributed by atoms with E-state index in [9.17, 15) is 9.59 Å². The van der Waals surface area contributed by atoms with E-state index in [1.165, 1.54) is 18.4 Å². The number of aryl methyl sites for hydroxylation is 1. The standard InChI is InChI=1S/C13H20N2O4S/c1-8-10(11(16)18-5)15-9(20-8)6-7-14-12(17)19-13(2,3)4/h6-7H2,1-5H3,(H,14,17). The summed E-state index contributed by atoms with van der Waals surface area (Å²) in [4.78, 5) is 27.9. The number of rotatable bonds is 4. The van der Waals surface area contributed by atoms with Crippen LogP contribution in [0.25, 0.3) is 0 Å². The summed E-state index contributed by atoms with van der Waals surface area (Å²) in [6.45, 7) is 7.63. The van der Waals surface area contributed by atoms with Crippen molar-refractivity contribution in [2.45, 2.75) is 39.7 Å². The third-order valence-corrected chi connectivity index (χ3v) is 3.26. The lowest BCUT2D eigenvalue weighted by Crippen LogP contribution is -2.33. The lowest BCUT2D eigenvalue weighted by molar-refractivity contribution is 0.0526. The Morgan fingerprint density at radius 2 is 2.00 bits per heavy atom. The molecule has 0 unspecified atom stereocenters. The monoisotopic (exact) mass is 300 g/mol.